The Morgan fingerprint density at radius 2 is 2.10 bits per heavy atom. The zero-order chi connectivity index (χ0) is 15.4. The lowest BCUT2D eigenvalue weighted by Crippen LogP contribution is -1.96. The number of pyridine rings is 1. The standard InChI is InChI=1S/C14H13BrN2O4/c1-9-5-10(7-15)8-16-14(9)21-12-4-3-11(17(18)19)6-13(12)20-2/h3-6,8H,7H2,1-2H3. The first-order valence-electron chi connectivity index (χ1n) is 6.07. The minimum atomic E-state index is -0.486. The number of hydrogen-bond donors (Lipinski definition) is 0. The fourth-order valence-electron chi connectivity index (χ4n) is 1.76. The third-order valence-corrected chi connectivity index (χ3v) is 3.45. The molecule has 2 rings (SSSR count). The van der Waals surface area contributed by atoms with Crippen LogP contribution < -0.4 is 9.47 Å². The van der Waals surface area contributed by atoms with E-state index in [9.17, 15) is 10.1 Å². The van der Waals surface area contributed by atoms with Crippen molar-refractivity contribution in [2.45, 2.75) is 12.3 Å². The number of methoxy groups -OCH3 is 1. The Morgan fingerprint density at radius 1 is 1.33 bits per heavy atom. The maximum Gasteiger partial charge on any atom is 0.273 e. The molecule has 2 aromatic rings. The number of non-ortho nitro benzene ring substituents is 1. The average molecular weight is 353 g/mol. The van der Waals surface area contributed by atoms with E-state index >= 15 is 0 Å². The third kappa shape index (κ3) is 3.49. The fraction of sp³-hybridized carbons (Fsp3) is 0.214. The Balaban J connectivity index is 2.33. The van der Waals surface area contributed by atoms with Crippen molar-refractivity contribution in [3.8, 4) is 17.4 Å². The number of benzene rings is 1. The minimum Gasteiger partial charge on any atom is -0.493 e. The second-order valence-corrected chi connectivity index (χ2v) is 4.85. The van der Waals surface area contributed by atoms with E-state index < -0.39 is 4.92 Å². The molecule has 7 heteroatoms. The van der Waals surface area contributed by atoms with Gasteiger partial charge in [-0.25, -0.2) is 4.98 Å². The van der Waals surface area contributed by atoms with Crippen molar-refractivity contribution in [1.29, 1.82) is 0 Å². The predicted molar refractivity (Wildman–Crippen MR) is 81.3 cm³/mol. The number of alkyl halides is 1. The second-order valence-electron chi connectivity index (χ2n) is 4.29. The van der Waals surface area contributed by atoms with E-state index in [0.717, 1.165) is 11.1 Å². The molecule has 0 radical (unpaired) electrons. The number of hydrogen-bond acceptors (Lipinski definition) is 5. The molecule has 0 N–H and O–H groups in total. The van der Waals surface area contributed by atoms with Gasteiger partial charge in [-0.05, 0) is 24.6 Å². The van der Waals surface area contributed by atoms with E-state index in [0.29, 0.717) is 17.0 Å². The molecule has 21 heavy (non-hydrogen) atoms. The van der Waals surface area contributed by atoms with Crippen LogP contribution in [-0.2, 0) is 5.33 Å². The lowest BCUT2D eigenvalue weighted by atomic mass is 10.2. The van der Waals surface area contributed by atoms with Crippen molar-refractivity contribution in [1.82, 2.24) is 4.98 Å². The fourth-order valence-corrected chi connectivity index (χ4v) is 2.07. The summed E-state index contributed by atoms with van der Waals surface area (Å²) in [6.07, 6.45) is 1.70. The van der Waals surface area contributed by atoms with E-state index in [1.165, 1.54) is 25.3 Å². The van der Waals surface area contributed by atoms with Crippen LogP contribution in [0.2, 0.25) is 0 Å². The van der Waals surface area contributed by atoms with Crippen LogP contribution in [0.25, 0.3) is 0 Å². The molecule has 0 aliphatic heterocycles. The number of nitro groups is 1. The maximum absolute atomic E-state index is 10.8. The van der Waals surface area contributed by atoms with E-state index in [4.69, 9.17) is 9.47 Å². The van der Waals surface area contributed by atoms with Gasteiger partial charge >= 0.3 is 0 Å². The van der Waals surface area contributed by atoms with Crippen LogP contribution in [0, 0.1) is 17.0 Å². The number of rotatable bonds is 5. The second kappa shape index (κ2) is 6.53. The van der Waals surface area contributed by atoms with E-state index in [2.05, 4.69) is 20.9 Å². The number of aromatic nitrogens is 1. The van der Waals surface area contributed by atoms with Crippen molar-refractivity contribution < 1.29 is 14.4 Å². The summed E-state index contributed by atoms with van der Waals surface area (Å²) in [5.74, 6) is 1.10. The summed E-state index contributed by atoms with van der Waals surface area (Å²) in [6, 6.07) is 6.13. The van der Waals surface area contributed by atoms with Gasteiger partial charge in [-0.1, -0.05) is 15.9 Å². The van der Waals surface area contributed by atoms with Crippen LogP contribution >= 0.6 is 15.9 Å². The van der Waals surface area contributed by atoms with Gasteiger partial charge in [-0.2, -0.15) is 0 Å². The van der Waals surface area contributed by atoms with Crippen LogP contribution in [-0.4, -0.2) is 17.0 Å². The smallest absolute Gasteiger partial charge is 0.273 e. The monoisotopic (exact) mass is 352 g/mol. The molecule has 6 nitrogen and oxygen atoms in total. The minimum absolute atomic E-state index is 0.0569. The lowest BCUT2D eigenvalue weighted by Gasteiger charge is -2.11. The van der Waals surface area contributed by atoms with E-state index in [-0.39, 0.29) is 11.4 Å². The zero-order valence-electron chi connectivity index (χ0n) is 11.5. The maximum atomic E-state index is 10.8. The van der Waals surface area contributed by atoms with Crippen molar-refractivity contribution in [3.05, 3.63) is 51.7 Å². The molecule has 110 valence electrons. The molecular weight excluding hydrogens is 340 g/mol. The van der Waals surface area contributed by atoms with Gasteiger partial charge in [0, 0.05) is 23.2 Å². The molecule has 0 aliphatic carbocycles. The molecule has 0 bridgehead atoms. The van der Waals surface area contributed by atoms with Gasteiger partial charge in [0.05, 0.1) is 18.1 Å². The molecule has 1 heterocycles. The SMILES string of the molecule is COc1cc([N+](=O)[O-])ccc1Oc1ncc(CBr)cc1C. The van der Waals surface area contributed by atoms with Gasteiger partial charge < -0.3 is 9.47 Å². The number of nitrogens with zero attached hydrogens (tertiary/aromatic N) is 2. The van der Waals surface area contributed by atoms with Gasteiger partial charge in [0.1, 0.15) is 0 Å². The first-order valence-corrected chi connectivity index (χ1v) is 7.19. The largest absolute Gasteiger partial charge is 0.493 e. The molecule has 0 saturated carbocycles. The summed E-state index contributed by atoms with van der Waals surface area (Å²) in [5.41, 5.74) is 1.85. The van der Waals surface area contributed by atoms with E-state index in [1.807, 2.05) is 13.0 Å². The third-order valence-electron chi connectivity index (χ3n) is 2.81. The van der Waals surface area contributed by atoms with Gasteiger partial charge in [-0.15, -0.1) is 0 Å². The Labute approximate surface area is 130 Å². The molecule has 0 unspecified atom stereocenters. The Kier molecular flexibility index (Phi) is 4.74. The Morgan fingerprint density at radius 3 is 2.67 bits per heavy atom. The molecular formula is C14H13BrN2O4. The van der Waals surface area contributed by atoms with Crippen molar-refractivity contribution in [3.63, 3.8) is 0 Å². The van der Waals surface area contributed by atoms with Crippen molar-refractivity contribution >= 4 is 21.6 Å². The topological polar surface area (TPSA) is 74.5 Å². The zero-order valence-corrected chi connectivity index (χ0v) is 13.1. The van der Waals surface area contributed by atoms with Crippen LogP contribution in [0.1, 0.15) is 11.1 Å². The lowest BCUT2D eigenvalue weighted by molar-refractivity contribution is -0.384. The quantitative estimate of drug-likeness (QED) is 0.462. The number of aryl methyl sites for hydroxylation is 1. The highest BCUT2D eigenvalue weighted by Crippen LogP contribution is 2.34. The van der Waals surface area contributed by atoms with Crippen LogP contribution in [0.4, 0.5) is 5.69 Å². The molecule has 1 aromatic heterocycles. The van der Waals surface area contributed by atoms with Gasteiger partial charge in [0.25, 0.3) is 5.69 Å². The van der Waals surface area contributed by atoms with Crippen LogP contribution in [0.15, 0.2) is 30.5 Å². The molecule has 0 fully saturated rings. The van der Waals surface area contributed by atoms with Gasteiger partial charge in [0.2, 0.25) is 5.88 Å². The summed E-state index contributed by atoms with van der Waals surface area (Å²) >= 11 is 3.36. The molecule has 0 amide bonds. The van der Waals surface area contributed by atoms with Gasteiger partial charge in [-0.3, -0.25) is 10.1 Å². The summed E-state index contributed by atoms with van der Waals surface area (Å²) < 4.78 is 10.8. The highest BCUT2D eigenvalue weighted by molar-refractivity contribution is 9.08. The van der Waals surface area contributed by atoms with Crippen molar-refractivity contribution in [2.75, 3.05) is 7.11 Å². The number of ether oxygens (including phenoxy) is 2. The first kappa shape index (κ1) is 15.2. The normalized spacial score (nSPS) is 10.2. The van der Waals surface area contributed by atoms with Crippen molar-refractivity contribution in [2.24, 2.45) is 0 Å². The Bertz CT molecular complexity index is 676. The van der Waals surface area contributed by atoms with Gasteiger partial charge in [0.15, 0.2) is 11.5 Å². The number of nitro benzene ring substituents is 1. The molecule has 0 spiro atoms. The average Bonchev–Trinajstić information content (AvgIpc) is 2.49. The molecule has 0 saturated heterocycles. The molecule has 1 aromatic carbocycles. The summed E-state index contributed by atoms with van der Waals surface area (Å²) in [7, 11) is 1.43. The summed E-state index contributed by atoms with van der Waals surface area (Å²) in [4.78, 5) is 14.5. The Hall–Kier alpha value is -2.15. The molecule has 0 aliphatic rings. The number of halogens is 1. The van der Waals surface area contributed by atoms with E-state index in [1.54, 1.807) is 6.20 Å². The van der Waals surface area contributed by atoms with Crippen LogP contribution in [0.5, 0.6) is 17.4 Å². The first-order chi connectivity index (χ1) is 10.0. The molecule has 0 atom stereocenters. The summed E-state index contributed by atoms with van der Waals surface area (Å²) in [5, 5.41) is 11.5. The summed E-state index contributed by atoms with van der Waals surface area (Å²) in [6.45, 7) is 1.88. The predicted octanol–water partition coefficient (Wildman–Crippen LogP) is 3.99. The highest BCUT2D eigenvalue weighted by Gasteiger charge is 2.14. The van der Waals surface area contributed by atoms with Crippen LogP contribution in [0.3, 0.4) is 0 Å². The highest BCUT2D eigenvalue weighted by atomic mass is 79.9.